The van der Waals surface area contributed by atoms with Crippen LogP contribution in [0.2, 0.25) is 5.02 Å². The fraction of sp³-hybridized carbons (Fsp3) is 0.278. The van der Waals surface area contributed by atoms with Crippen molar-refractivity contribution in [1.29, 1.82) is 0 Å². The van der Waals surface area contributed by atoms with E-state index >= 15 is 0 Å². The molecule has 2 aromatic rings. The number of carbonyl (C=O) groups excluding carboxylic acids is 1. The van der Waals surface area contributed by atoms with Crippen LogP contribution in [0.1, 0.15) is 36.4 Å². The first-order chi connectivity index (χ1) is 10.5. The van der Waals surface area contributed by atoms with E-state index in [1.54, 1.807) is 4.90 Å². The Kier molecular flexibility index (Phi) is 4.11. The molecule has 1 amide bonds. The Hall–Kier alpha value is -1.58. The van der Waals surface area contributed by atoms with E-state index in [0.717, 1.165) is 34.2 Å². The fourth-order valence-corrected chi connectivity index (χ4v) is 4.38. The molecule has 0 fully saturated rings. The quantitative estimate of drug-likeness (QED) is 0.697. The molecule has 2 nitrogen and oxygen atoms in total. The van der Waals surface area contributed by atoms with Crippen LogP contribution < -0.4 is 0 Å². The minimum absolute atomic E-state index is 0.0199. The molecule has 0 saturated carbocycles. The number of fused-ring (bicyclic) bond motifs is 1. The minimum atomic E-state index is -0.0199. The van der Waals surface area contributed by atoms with E-state index in [2.05, 4.69) is 19.9 Å². The number of thiophene rings is 1. The Bertz CT molecular complexity index is 816. The van der Waals surface area contributed by atoms with E-state index in [4.69, 9.17) is 11.6 Å². The van der Waals surface area contributed by atoms with Crippen LogP contribution in [-0.2, 0) is 0 Å². The molecule has 0 bridgehead atoms. The van der Waals surface area contributed by atoms with Crippen LogP contribution in [0.5, 0.6) is 0 Å². The van der Waals surface area contributed by atoms with Crippen molar-refractivity contribution in [3.8, 4) is 0 Å². The summed E-state index contributed by atoms with van der Waals surface area (Å²) >= 11 is 7.89. The van der Waals surface area contributed by atoms with Crippen molar-refractivity contribution in [1.82, 2.24) is 4.90 Å². The van der Waals surface area contributed by atoms with Gasteiger partial charge in [-0.15, -0.1) is 11.3 Å². The zero-order valence-electron chi connectivity index (χ0n) is 12.9. The van der Waals surface area contributed by atoms with Crippen molar-refractivity contribution in [3.63, 3.8) is 0 Å². The topological polar surface area (TPSA) is 20.3 Å². The van der Waals surface area contributed by atoms with E-state index in [1.807, 2.05) is 31.3 Å². The van der Waals surface area contributed by atoms with Crippen LogP contribution in [0.25, 0.3) is 10.1 Å². The molecule has 1 aromatic heterocycles. The number of hydrogen-bond acceptors (Lipinski definition) is 2. The summed E-state index contributed by atoms with van der Waals surface area (Å²) in [4.78, 5) is 15.2. The zero-order valence-corrected chi connectivity index (χ0v) is 14.5. The number of hydrogen-bond donors (Lipinski definition) is 0. The number of benzene rings is 1. The van der Waals surface area contributed by atoms with E-state index in [1.165, 1.54) is 16.9 Å². The third-order valence-corrected chi connectivity index (χ3v) is 5.78. The molecule has 1 aliphatic rings. The van der Waals surface area contributed by atoms with E-state index in [9.17, 15) is 4.79 Å². The van der Waals surface area contributed by atoms with Crippen LogP contribution in [-0.4, -0.2) is 17.9 Å². The van der Waals surface area contributed by atoms with Crippen molar-refractivity contribution in [2.75, 3.05) is 7.05 Å². The summed E-state index contributed by atoms with van der Waals surface area (Å²) in [5.41, 5.74) is 3.61. The molecule has 0 atom stereocenters. The summed E-state index contributed by atoms with van der Waals surface area (Å²) in [6.07, 6.45) is 4.07. The summed E-state index contributed by atoms with van der Waals surface area (Å²) in [6.45, 7) is 4.19. The fourth-order valence-electron chi connectivity index (χ4n) is 2.90. The number of halogens is 1. The number of amides is 1. The van der Waals surface area contributed by atoms with Gasteiger partial charge in [-0.05, 0) is 38.3 Å². The second-order valence-corrected chi connectivity index (χ2v) is 7.16. The van der Waals surface area contributed by atoms with Gasteiger partial charge in [0.05, 0.1) is 5.02 Å². The molecule has 0 saturated heterocycles. The number of allylic oxidation sites excluding steroid dienone is 4. The average molecular weight is 332 g/mol. The van der Waals surface area contributed by atoms with Gasteiger partial charge in [-0.25, -0.2) is 0 Å². The Labute approximate surface area is 139 Å². The standard InChI is InChI=1S/C18H18ClNOS/c1-11-8-9-14(12(2)10-11)20(3)18(21)17-16(19)13-6-4-5-7-15(13)22-17/h4-7,10H,8-9H2,1-3H3. The highest BCUT2D eigenvalue weighted by molar-refractivity contribution is 7.21. The van der Waals surface area contributed by atoms with Gasteiger partial charge in [0, 0.05) is 22.8 Å². The van der Waals surface area contributed by atoms with Gasteiger partial charge < -0.3 is 4.90 Å². The summed E-state index contributed by atoms with van der Waals surface area (Å²) in [7, 11) is 1.84. The van der Waals surface area contributed by atoms with Gasteiger partial charge in [0.25, 0.3) is 5.91 Å². The van der Waals surface area contributed by atoms with Gasteiger partial charge >= 0.3 is 0 Å². The highest BCUT2D eigenvalue weighted by atomic mass is 35.5. The van der Waals surface area contributed by atoms with E-state index < -0.39 is 0 Å². The van der Waals surface area contributed by atoms with Crippen molar-refractivity contribution < 1.29 is 4.79 Å². The maximum absolute atomic E-state index is 12.9. The van der Waals surface area contributed by atoms with Crippen LogP contribution in [0.4, 0.5) is 0 Å². The Morgan fingerprint density at radius 2 is 1.95 bits per heavy atom. The molecular formula is C18H18ClNOS. The maximum Gasteiger partial charge on any atom is 0.269 e. The zero-order chi connectivity index (χ0) is 15.9. The van der Waals surface area contributed by atoms with Gasteiger partial charge in [0.15, 0.2) is 0 Å². The molecule has 3 rings (SSSR count). The highest BCUT2D eigenvalue weighted by Gasteiger charge is 2.24. The Morgan fingerprint density at radius 3 is 2.64 bits per heavy atom. The highest BCUT2D eigenvalue weighted by Crippen LogP contribution is 2.37. The predicted octanol–water partition coefficient (Wildman–Crippen LogP) is 5.64. The molecule has 0 aliphatic heterocycles. The number of nitrogens with zero attached hydrogens (tertiary/aromatic N) is 1. The first-order valence-electron chi connectivity index (χ1n) is 7.31. The molecule has 22 heavy (non-hydrogen) atoms. The average Bonchev–Trinajstić information content (AvgIpc) is 2.83. The van der Waals surface area contributed by atoms with Crippen molar-refractivity contribution in [2.45, 2.75) is 26.7 Å². The van der Waals surface area contributed by atoms with E-state index in [0.29, 0.717) is 9.90 Å². The summed E-state index contributed by atoms with van der Waals surface area (Å²) < 4.78 is 1.05. The van der Waals surface area contributed by atoms with Gasteiger partial charge in [0.1, 0.15) is 4.88 Å². The van der Waals surface area contributed by atoms with Crippen LogP contribution in [0.3, 0.4) is 0 Å². The van der Waals surface area contributed by atoms with Gasteiger partial charge in [-0.3, -0.25) is 4.79 Å². The smallest absolute Gasteiger partial charge is 0.269 e. The van der Waals surface area contributed by atoms with Gasteiger partial charge in [-0.1, -0.05) is 41.4 Å². The molecule has 0 unspecified atom stereocenters. The lowest BCUT2D eigenvalue weighted by atomic mass is 9.97. The lowest BCUT2D eigenvalue weighted by Gasteiger charge is -2.25. The molecule has 1 aliphatic carbocycles. The largest absolute Gasteiger partial charge is 0.314 e. The molecular weight excluding hydrogens is 314 g/mol. The van der Waals surface area contributed by atoms with Crippen LogP contribution >= 0.6 is 22.9 Å². The summed E-state index contributed by atoms with van der Waals surface area (Å²) in [5, 5.41) is 1.52. The molecule has 114 valence electrons. The number of rotatable bonds is 2. The molecule has 0 radical (unpaired) electrons. The van der Waals surface area contributed by atoms with Crippen molar-refractivity contribution in [3.05, 3.63) is 57.1 Å². The van der Waals surface area contributed by atoms with Gasteiger partial charge in [-0.2, -0.15) is 0 Å². The first kappa shape index (κ1) is 15.3. The number of carbonyl (C=O) groups is 1. The lowest BCUT2D eigenvalue weighted by Crippen LogP contribution is -2.27. The third-order valence-electron chi connectivity index (χ3n) is 4.11. The Morgan fingerprint density at radius 1 is 1.23 bits per heavy atom. The first-order valence-corrected chi connectivity index (χ1v) is 8.50. The SMILES string of the molecule is CC1=CC(C)=C(N(C)C(=O)c2sc3ccccc3c2Cl)CC1. The molecule has 4 heteroatoms. The second kappa shape index (κ2) is 5.90. The normalized spacial score (nSPS) is 15.2. The summed E-state index contributed by atoms with van der Waals surface area (Å²) in [5.74, 6) is -0.0199. The molecule has 1 heterocycles. The van der Waals surface area contributed by atoms with Crippen LogP contribution in [0.15, 0.2) is 47.2 Å². The second-order valence-electron chi connectivity index (χ2n) is 5.73. The minimum Gasteiger partial charge on any atom is -0.314 e. The monoisotopic (exact) mass is 331 g/mol. The molecule has 1 aromatic carbocycles. The third kappa shape index (κ3) is 2.59. The maximum atomic E-state index is 12.9. The Balaban J connectivity index is 1.99. The van der Waals surface area contributed by atoms with E-state index in [-0.39, 0.29) is 5.91 Å². The lowest BCUT2D eigenvalue weighted by molar-refractivity contribution is 0.0835. The molecule has 0 N–H and O–H groups in total. The van der Waals surface area contributed by atoms with Crippen LogP contribution in [0, 0.1) is 0 Å². The van der Waals surface area contributed by atoms with Crippen molar-refractivity contribution >= 4 is 38.9 Å². The molecule has 0 spiro atoms. The summed E-state index contributed by atoms with van der Waals surface area (Å²) in [6, 6.07) is 7.87. The van der Waals surface area contributed by atoms with Crippen molar-refractivity contribution in [2.24, 2.45) is 0 Å². The van der Waals surface area contributed by atoms with Gasteiger partial charge in [0.2, 0.25) is 0 Å². The predicted molar refractivity (Wildman–Crippen MR) is 94.6 cm³/mol.